The van der Waals surface area contributed by atoms with E-state index in [2.05, 4.69) is 26.3 Å². The number of likely N-dealkylation sites (tertiary alicyclic amines) is 1. The Morgan fingerprint density at radius 2 is 2.14 bits per heavy atom. The number of anilines is 1. The fourth-order valence-corrected chi connectivity index (χ4v) is 4.78. The molecule has 1 spiro atoms. The molecule has 0 bridgehead atoms. The Hall–Kier alpha value is -2.98. The number of hydrogen-bond donors (Lipinski definition) is 1. The van der Waals surface area contributed by atoms with Crippen LogP contribution in [-0.2, 0) is 10.2 Å². The highest BCUT2D eigenvalue weighted by molar-refractivity contribution is 6.06. The minimum atomic E-state index is -0.382. The van der Waals surface area contributed by atoms with E-state index >= 15 is 0 Å². The van der Waals surface area contributed by atoms with Gasteiger partial charge < -0.3 is 10.1 Å². The van der Waals surface area contributed by atoms with Crippen LogP contribution in [0.4, 0.5) is 5.69 Å². The summed E-state index contributed by atoms with van der Waals surface area (Å²) in [5, 5.41) is 11.8. The van der Waals surface area contributed by atoms with E-state index in [0.717, 1.165) is 38.0 Å². The van der Waals surface area contributed by atoms with Crippen LogP contribution in [0.3, 0.4) is 0 Å². The van der Waals surface area contributed by atoms with Crippen LogP contribution in [0.1, 0.15) is 30.7 Å². The second kappa shape index (κ2) is 6.57. The number of rotatable bonds is 4. The SMILES string of the molecule is N#Cc1ncc(OCCN2CCC3(CC4C[C@@H]42)C(=O)Nc2ccccc23)cn1. The highest BCUT2D eigenvalue weighted by atomic mass is 16.5. The summed E-state index contributed by atoms with van der Waals surface area (Å²) in [4.78, 5) is 23.2. The monoisotopic (exact) mass is 375 g/mol. The third-order valence-corrected chi connectivity index (χ3v) is 6.29. The number of fused-ring (bicyclic) bond motifs is 3. The predicted molar refractivity (Wildman–Crippen MR) is 102 cm³/mol. The summed E-state index contributed by atoms with van der Waals surface area (Å²) in [6.45, 7) is 2.23. The van der Waals surface area contributed by atoms with Gasteiger partial charge in [0.25, 0.3) is 0 Å². The van der Waals surface area contributed by atoms with Gasteiger partial charge in [-0.25, -0.2) is 9.97 Å². The lowest BCUT2D eigenvalue weighted by Crippen LogP contribution is -2.38. The summed E-state index contributed by atoms with van der Waals surface area (Å²) in [6, 6.07) is 10.6. The first-order chi connectivity index (χ1) is 13.7. The molecule has 5 rings (SSSR count). The van der Waals surface area contributed by atoms with E-state index in [9.17, 15) is 4.79 Å². The van der Waals surface area contributed by atoms with Gasteiger partial charge in [0.2, 0.25) is 11.7 Å². The summed E-state index contributed by atoms with van der Waals surface area (Å²) in [6.07, 6.45) is 5.98. The van der Waals surface area contributed by atoms with Crippen LogP contribution in [-0.4, -0.2) is 46.5 Å². The van der Waals surface area contributed by atoms with Crippen LogP contribution >= 0.6 is 0 Å². The lowest BCUT2D eigenvalue weighted by Gasteiger charge is -2.28. The molecule has 2 aliphatic heterocycles. The average molecular weight is 375 g/mol. The number of hydrogen-bond acceptors (Lipinski definition) is 6. The minimum absolute atomic E-state index is 0.140. The van der Waals surface area contributed by atoms with Crippen molar-refractivity contribution >= 4 is 11.6 Å². The molecule has 142 valence electrons. The number of nitrogens with one attached hydrogen (secondary N) is 1. The number of nitriles is 1. The van der Waals surface area contributed by atoms with Crippen molar-refractivity contribution in [2.45, 2.75) is 30.7 Å². The van der Waals surface area contributed by atoms with Crippen molar-refractivity contribution in [1.82, 2.24) is 14.9 Å². The number of amides is 1. The number of carbonyl (C=O) groups excluding carboxylic acids is 1. The van der Waals surface area contributed by atoms with Gasteiger partial charge in [-0.3, -0.25) is 9.69 Å². The van der Waals surface area contributed by atoms with Gasteiger partial charge in [-0.05, 0) is 43.4 Å². The second-order valence-electron chi connectivity index (χ2n) is 7.84. The van der Waals surface area contributed by atoms with Crippen LogP contribution < -0.4 is 10.1 Å². The van der Waals surface area contributed by atoms with E-state index in [0.29, 0.717) is 24.3 Å². The highest BCUT2D eigenvalue weighted by Gasteiger charge is 2.55. The molecule has 1 aliphatic carbocycles. The molecule has 0 radical (unpaired) electrons. The van der Waals surface area contributed by atoms with Crippen molar-refractivity contribution in [3.05, 3.63) is 48.0 Å². The topological polar surface area (TPSA) is 91.1 Å². The minimum Gasteiger partial charge on any atom is -0.489 e. The molecule has 3 atom stereocenters. The summed E-state index contributed by atoms with van der Waals surface area (Å²) >= 11 is 0. The van der Waals surface area contributed by atoms with Gasteiger partial charge in [0.05, 0.1) is 17.8 Å². The number of para-hydroxylation sites is 1. The van der Waals surface area contributed by atoms with Crippen molar-refractivity contribution < 1.29 is 9.53 Å². The number of benzene rings is 1. The Balaban J connectivity index is 1.25. The van der Waals surface area contributed by atoms with Crippen LogP contribution in [0.5, 0.6) is 5.75 Å². The van der Waals surface area contributed by atoms with Gasteiger partial charge in [-0.15, -0.1) is 0 Å². The smallest absolute Gasteiger partial charge is 0.235 e. The molecule has 1 saturated carbocycles. The lowest BCUT2D eigenvalue weighted by atomic mass is 9.75. The molecular weight excluding hydrogens is 354 g/mol. The van der Waals surface area contributed by atoms with Gasteiger partial charge in [-0.2, -0.15) is 5.26 Å². The molecule has 3 aliphatic rings. The Morgan fingerprint density at radius 3 is 2.96 bits per heavy atom. The fourth-order valence-electron chi connectivity index (χ4n) is 4.78. The van der Waals surface area contributed by atoms with Crippen LogP contribution in [0.15, 0.2) is 36.7 Å². The van der Waals surface area contributed by atoms with Gasteiger partial charge in [0, 0.05) is 18.3 Å². The van der Waals surface area contributed by atoms with Gasteiger partial charge in [0.1, 0.15) is 12.7 Å². The first-order valence-corrected chi connectivity index (χ1v) is 9.69. The number of carbonyl (C=O) groups is 1. The normalized spacial score (nSPS) is 28.0. The first-order valence-electron chi connectivity index (χ1n) is 9.69. The quantitative estimate of drug-likeness (QED) is 0.880. The molecule has 2 fully saturated rings. The highest BCUT2D eigenvalue weighted by Crippen LogP contribution is 2.53. The zero-order valence-corrected chi connectivity index (χ0v) is 15.5. The fraction of sp³-hybridized carbons (Fsp3) is 0.429. The maximum atomic E-state index is 12.9. The maximum absolute atomic E-state index is 12.9. The molecule has 3 heterocycles. The van der Waals surface area contributed by atoms with Gasteiger partial charge in [0.15, 0.2) is 5.75 Å². The number of nitrogens with zero attached hydrogens (tertiary/aromatic N) is 4. The molecule has 2 aromatic rings. The molecule has 1 amide bonds. The van der Waals surface area contributed by atoms with E-state index in [-0.39, 0.29) is 17.1 Å². The van der Waals surface area contributed by atoms with Crippen molar-refractivity contribution in [3.8, 4) is 11.8 Å². The lowest BCUT2D eigenvalue weighted by molar-refractivity contribution is -0.121. The first kappa shape index (κ1) is 17.1. The van der Waals surface area contributed by atoms with Crippen molar-refractivity contribution in [2.75, 3.05) is 25.0 Å². The molecular formula is C21H21N5O2. The molecule has 1 saturated heterocycles. The van der Waals surface area contributed by atoms with Gasteiger partial charge in [-0.1, -0.05) is 18.2 Å². The van der Waals surface area contributed by atoms with Gasteiger partial charge >= 0.3 is 0 Å². The molecule has 28 heavy (non-hydrogen) atoms. The number of aromatic nitrogens is 2. The van der Waals surface area contributed by atoms with Crippen LogP contribution in [0.25, 0.3) is 0 Å². The largest absolute Gasteiger partial charge is 0.489 e. The maximum Gasteiger partial charge on any atom is 0.235 e. The summed E-state index contributed by atoms with van der Waals surface area (Å²) in [5.41, 5.74) is 1.76. The summed E-state index contributed by atoms with van der Waals surface area (Å²) in [5.74, 6) is 1.44. The van der Waals surface area contributed by atoms with E-state index in [4.69, 9.17) is 10.00 Å². The summed E-state index contributed by atoms with van der Waals surface area (Å²) in [7, 11) is 0. The Morgan fingerprint density at radius 1 is 1.32 bits per heavy atom. The zero-order chi connectivity index (χ0) is 19.1. The Bertz CT molecular complexity index is 954. The van der Waals surface area contributed by atoms with E-state index < -0.39 is 0 Å². The van der Waals surface area contributed by atoms with Crippen molar-refractivity contribution in [2.24, 2.45) is 5.92 Å². The molecule has 7 nitrogen and oxygen atoms in total. The van der Waals surface area contributed by atoms with E-state index in [1.807, 2.05) is 24.3 Å². The Kier molecular flexibility index (Phi) is 4.02. The summed E-state index contributed by atoms with van der Waals surface area (Å²) < 4.78 is 5.75. The van der Waals surface area contributed by atoms with Crippen molar-refractivity contribution in [1.29, 1.82) is 5.26 Å². The van der Waals surface area contributed by atoms with E-state index in [1.165, 1.54) is 18.0 Å². The molecule has 1 N–H and O–H groups in total. The molecule has 1 aromatic carbocycles. The van der Waals surface area contributed by atoms with E-state index in [1.54, 1.807) is 0 Å². The predicted octanol–water partition coefficient (Wildman–Crippen LogP) is 2.10. The van der Waals surface area contributed by atoms with Crippen LogP contribution in [0.2, 0.25) is 0 Å². The zero-order valence-electron chi connectivity index (χ0n) is 15.5. The van der Waals surface area contributed by atoms with Crippen molar-refractivity contribution in [3.63, 3.8) is 0 Å². The Labute approximate surface area is 163 Å². The second-order valence-corrected chi connectivity index (χ2v) is 7.84. The molecule has 1 aromatic heterocycles. The van der Waals surface area contributed by atoms with Crippen LogP contribution in [0, 0.1) is 17.2 Å². The molecule has 7 heteroatoms. The number of ether oxygens (including phenoxy) is 1. The standard InChI is InChI=1S/C21H21N5O2/c22-11-19-23-12-15(13-24-19)28-8-7-26-6-5-21(10-14-9-18(14)26)16-3-1-2-4-17(16)25-20(21)27/h1-4,12-14,18H,5-10H2,(H,25,27)/t14?,18-,21?/m0/s1. The molecule has 2 unspecified atom stereocenters. The average Bonchev–Trinajstić information content (AvgIpc) is 3.44. The third kappa shape index (κ3) is 2.81. The third-order valence-electron chi connectivity index (χ3n) is 6.29.